The van der Waals surface area contributed by atoms with E-state index < -0.39 is 17.7 Å². The molecule has 1 aliphatic heterocycles. The highest BCUT2D eigenvalue weighted by Gasteiger charge is 2.45. The predicted molar refractivity (Wildman–Crippen MR) is 127 cm³/mol. The van der Waals surface area contributed by atoms with Crippen molar-refractivity contribution < 1.29 is 24.2 Å². The summed E-state index contributed by atoms with van der Waals surface area (Å²) in [6, 6.07) is 13.4. The number of Topliss-reactive ketones (excluding diaryl/α,β-unsaturated/α-hetero) is 1. The van der Waals surface area contributed by atoms with Gasteiger partial charge in [0.2, 0.25) is 0 Å². The van der Waals surface area contributed by atoms with Crippen LogP contribution in [0.3, 0.4) is 0 Å². The van der Waals surface area contributed by atoms with Crippen LogP contribution in [0.4, 0.5) is 0 Å². The van der Waals surface area contributed by atoms with Gasteiger partial charge in [-0.05, 0) is 62.0 Å². The minimum atomic E-state index is -0.682. The van der Waals surface area contributed by atoms with Crippen LogP contribution in [0.25, 0.3) is 5.76 Å². The third-order valence-corrected chi connectivity index (χ3v) is 5.96. The number of aliphatic hydroxyl groups is 1. The summed E-state index contributed by atoms with van der Waals surface area (Å²) >= 11 is 0. The van der Waals surface area contributed by atoms with Crippen molar-refractivity contribution in [3.63, 3.8) is 0 Å². The first kappa shape index (κ1) is 24.3. The molecule has 1 saturated heterocycles. The Morgan fingerprint density at radius 1 is 0.970 bits per heavy atom. The highest BCUT2D eigenvalue weighted by molar-refractivity contribution is 6.46. The van der Waals surface area contributed by atoms with E-state index in [0.717, 1.165) is 18.7 Å². The number of carbonyl (C=O) groups excluding carboxylic acids is 2. The molecule has 2 aromatic rings. The number of hydrogen-bond donors (Lipinski definition) is 1. The number of aliphatic hydroxyl groups excluding tert-OH is 1. The summed E-state index contributed by atoms with van der Waals surface area (Å²) in [4.78, 5) is 29.9. The molecule has 1 N–H and O–H groups in total. The Balaban J connectivity index is 2.05. The maximum Gasteiger partial charge on any atom is 0.295 e. The quantitative estimate of drug-likeness (QED) is 0.335. The molecule has 33 heavy (non-hydrogen) atoms. The van der Waals surface area contributed by atoms with Crippen molar-refractivity contribution in [1.82, 2.24) is 9.80 Å². The first-order valence-electron chi connectivity index (χ1n) is 11.3. The van der Waals surface area contributed by atoms with E-state index in [2.05, 4.69) is 18.7 Å². The van der Waals surface area contributed by atoms with Crippen LogP contribution in [-0.4, -0.2) is 66.5 Å². The van der Waals surface area contributed by atoms with Gasteiger partial charge in [-0.25, -0.2) is 0 Å². The molecule has 0 aromatic heterocycles. The standard InChI is InChI=1S/C26H32N2O5/c1-5-27(6-2)16-17-28-23(18-8-12-20(32-4)13-9-18)22(25(30)26(28)31)24(29)19-10-14-21(15-11-19)33-7-3/h8-15,23,29H,5-7,16-17H2,1-4H3/b24-22-/t23-/m1/s1. The Morgan fingerprint density at radius 2 is 1.58 bits per heavy atom. The molecular formula is C26H32N2O5. The molecule has 176 valence electrons. The molecule has 0 unspecified atom stereocenters. The highest BCUT2D eigenvalue weighted by atomic mass is 16.5. The average Bonchev–Trinajstić information content (AvgIpc) is 3.10. The molecule has 0 bridgehead atoms. The second-order valence-electron chi connectivity index (χ2n) is 7.75. The number of ketones is 1. The molecule has 0 radical (unpaired) electrons. The molecule has 7 heteroatoms. The van der Waals surface area contributed by atoms with Crippen LogP contribution in [0.1, 0.15) is 37.9 Å². The van der Waals surface area contributed by atoms with Crippen LogP contribution in [0.2, 0.25) is 0 Å². The number of carbonyl (C=O) groups is 2. The smallest absolute Gasteiger partial charge is 0.295 e. The number of rotatable bonds is 10. The lowest BCUT2D eigenvalue weighted by Crippen LogP contribution is -2.38. The molecule has 3 rings (SSSR count). The van der Waals surface area contributed by atoms with Gasteiger partial charge in [-0.15, -0.1) is 0 Å². The Hall–Kier alpha value is -3.32. The minimum Gasteiger partial charge on any atom is -0.507 e. The maximum atomic E-state index is 13.1. The van der Waals surface area contributed by atoms with Gasteiger partial charge in [0, 0.05) is 18.7 Å². The van der Waals surface area contributed by atoms with E-state index in [4.69, 9.17) is 9.47 Å². The highest BCUT2D eigenvalue weighted by Crippen LogP contribution is 2.39. The van der Waals surface area contributed by atoms with Gasteiger partial charge < -0.3 is 24.4 Å². The summed E-state index contributed by atoms with van der Waals surface area (Å²) in [5.74, 6) is -0.134. The van der Waals surface area contributed by atoms with Crippen LogP contribution in [0.15, 0.2) is 54.1 Å². The Kier molecular flexibility index (Phi) is 8.11. The second-order valence-corrected chi connectivity index (χ2v) is 7.75. The molecule has 1 heterocycles. The number of benzene rings is 2. The van der Waals surface area contributed by atoms with E-state index in [1.54, 1.807) is 48.4 Å². The first-order chi connectivity index (χ1) is 15.9. The van der Waals surface area contributed by atoms with Crippen molar-refractivity contribution in [2.24, 2.45) is 0 Å². The fourth-order valence-electron chi connectivity index (χ4n) is 4.06. The van der Waals surface area contributed by atoms with Crippen molar-refractivity contribution >= 4 is 17.4 Å². The van der Waals surface area contributed by atoms with Gasteiger partial charge in [0.05, 0.1) is 25.3 Å². The van der Waals surface area contributed by atoms with Gasteiger partial charge in [-0.3, -0.25) is 9.59 Å². The van der Waals surface area contributed by atoms with Gasteiger partial charge in [0.15, 0.2) is 0 Å². The van der Waals surface area contributed by atoms with Gasteiger partial charge in [0.25, 0.3) is 11.7 Å². The number of nitrogens with zero attached hydrogens (tertiary/aromatic N) is 2. The SMILES string of the molecule is CCOc1ccc(/C(O)=C2/C(=O)C(=O)N(CCN(CC)CC)[C@@H]2c2ccc(OC)cc2)cc1. The van der Waals surface area contributed by atoms with Crippen LogP contribution in [0.5, 0.6) is 11.5 Å². The van der Waals surface area contributed by atoms with Crippen LogP contribution < -0.4 is 9.47 Å². The number of likely N-dealkylation sites (N-methyl/N-ethyl adjacent to an activating group) is 1. The average molecular weight is 453 g/mol. The monoisotopic (exact) mass is 452 g/mol. The summed E-state index contributed by atoms with van der Waals surface area (Å²) in [5.41, 5.74) is 1.29. The molecule has 0 saturated carbocycles. The van der Waals surface area contributed by atoms with Crippen LogP contribution in [0, 0.1) is 0 Å². The zero-order chi connectivity index (χ0) is 24.0. The van der Waals surface area contributed by atoms with Crippen molar-refractivity contribution in [1.29, 1.82) is 0 Å². The molecule has 1 atom stereocenters. The maximum absolute atomic E-state index is 13.1. The van der Waals surface area contributed by atoms with E-state index in [0.29, 0.717) is 36.8 Å². The van der Waals surface area contributed by atoms with Gasteiger partial charge in [-0.2, -0.15) is 0 Å². The lowest BCUT2D eigenvalue weighted by Gasteiger charge is -2.28. The largest absolute Gasteiger partial charge is 0.507 e. The molecule has 0 aliphatic carbocycles. The molecule has 1 fully saturated rings. The van der Waals surface area contributed by atoms with Gasteiger partial charge >= 0.3 is 0 Å². The lowest BCUT2D eigenvalue weighted by atomic mass is 9.95. The molecule has 1 aliphatic rings. The summed E-state index contributed by atoms with van der Waals surface area (Å²) in [6.45, 7) is 9.25. The normalized spacial score (nSPS) is 17.6. The zero-order valence-corrected chi connectivity index (χ0v) is 19.7. The molecule has 1 amide bonds. The zero-order valence-electron chi connectivity index (χ0n) is 19.7. The van der Waals surface area contributed by atoms with Crippen LogP contribution in [-0.2, 0) is 9.59 Å². The lowest BCUT2D eigenvalue weighted by molar-refractivity contribution is -0.140. The summed E-state index contributed by atoms with van der Waals surface area (Å²) in [5, 5.41) is 11.2. The molecular weight excluding hydrogens is 420 g/mol. The summed E-state index contributed by atoms with van der Waals surface area (Å²) in [6.07, 6.45) is 0. The number of hydrogen-bond acceptors (Lipinski definition) is 6. The molecule has 2 aromatic carbocycles. The fraction of sp³-hybridized carbons (Fsp3) is 0.385. The van der Waals surface area contributed by atoms with Gasteiger partial charge in [0.1, 0.15) is 17.3 Å². The van der Waals surface area contributed by atoms with E-state index in [1.165, 1.54) is 0 Å². The first-order valence-corrected chi connectivity index (χ1v) is 11.3. The number of amides is 1. The van der Waals surface area contributed by atoms with Crippen LogP contribution >= 0.6 is 0 Å². The summed E-state index contributed by atoms with van der Waals surface area (Å²) < 4.78 is 10.7. The predicted octanol–water partition coefficient (Wildman–Crippen LogP) is 3.86. The molecule has 0 spiro atoms. The third kappa shape index (κ3) is 5.20. The van der Waals surface area contributed by atoms with Crippen molar-refractivity contribution in [3.05, 3.63) is 65.2 Å². The van der Waals surface area contributed by atoms with Gasteiger partial charge in [-0.1, -0.05) is 26.0 Å². The Labute approximate surface area is 195 Å². The van der Waals surface area contributed by atoms with Crippen molar-refractivity contribution in [2.45, 2.75) is 26.8 Å². The number of likely N-dealkylation sites (tertiary alicyclic amines) is 1. The van der Waals surface area contributed by atoms with E-state index in [-0.39, 0.29) is 11.3 Å². The fourth-order valence-corrected chi connectivity index (χ4v) is 4.06. The summed E-state index contributed by atoms with van der Waals surface area (Å²) in [7, 11) is 1.58. The Morgan fingerprint density at radius 3 is 2.12 bits per heavy atom. The van der Waals surface area contributed by atoms with Crippen molar-refractivity contribution in [2.75, 3.05) is 39.9 Å². The van der Waals surface area contributed by atoms with E-state index >= 15 is 0 Å². The Bertz CT molecular complexity index is 994. The molecule has 7 nitrogen and oxygen atoms in total. The van der Waals surface area contributed by atoms with E-state index in [1.807, 2.05) is 19.1 Å². The topological polar surface area (TPSA) is 79.3 Å². The van der Waals surface area contributed by atoms with Crippen molar-refractivity contribution in [3.8, 4) is 11.5 Å². The number of ether oxygens (including phenoxy) is 2. The second kappa shape index (κ2) is 11.0. The number of methoxy groups -OCH3 is 1. The third-order valence-electron chi connectivity index (χ3n) is 5.96. The van der Waals surface area contributed by atoms with E-state index in [9.17, 15) is 14.7 Å². The minimum absolute atomic E-state index is 0.0915.